The van der Waals surface area contributed by atoms with Crippen LogP contribution in [0.5, 0.6) is 0 Å². The van der Waals surface area contributed by atoms with Crippen LogP contribution >= 0.6 is 0 Å². The Morgan fingerprint density at radius 2 is 1.94 bits per heavy atom. The summed E-state index contributed by atoms with van der Waals surface area (Å²) in [5.74, 6) is -0.203. The highest BCUT2D eigenvalue weighted by Crippen LogP contribution is 2.55. The van der Waals surface area contributed by atoms with Gasteiger partial charge in [0.15, 0.2) is 0 Å². The number of aromatic nitrogens is 2. The number of aliphatic hydroxyl groups is 1. The maximum absolute atomic E-state index is 13.0. The Bertz CT molecular complexity index is 769. The molecule has 0 unspecified atom stereocenters. The van der Waals surface area contributed by atoms with E-state index in [9.17, 15) is 14.7 Å². The van der Waals surface area contributed by atoms with E-state index in [1.54, 1.807) is 6.20 Å². The number of carbonyl (C=O) groups excluding carboxylic acids is 2. The van der Waals surface area contributed by atoms with Gasteiger partial charge in [0, 0.05) is 37.4 Å². The quantitative estimate of drug-likeness (QED) is 0.724. The molecule has 2 amide bonds. The Morgan fingerprint density at radius 3 is 2.55 bits per heavy atom. The van der Waals surface area contributed by atoms with E-state index >= 15 is 0 Å². The first-order chi connectivity index (χ1) is 14.7. The molecule has 0 aromatic carbocycles. The molecule has 2 aliphatic rings. The highest BCUT2D eigenvalue weighted by Gasteiger charge is 2.54. The van der Waals surface area contributed by atoms with Crippen LogP contribution in [0.1, 0.15) is 70.8 Å². The number of carbonyl (C=O) groups is 2. The molecule has 2 fully saturated rings. The molecule has 0 spiro atoms. The van der Waals surface area contributed by atoms with Crippen molar-refractivity contribution in [2.45, 2.75) is 72.4 Å². The average molecular weight is 431 g/mol. The molecular weight excluding hydrogens is 392 g/mol. The van der Waals surface area contributed by atoms with E-state index in [2.05, 4.69) is 29.1 Å². The van der Waals surface area contributed by atoms with Crippen molar-refractivity contribution in [1.82, 2.24) is 20.2 Å². The van der Waals surface area contributed by atoms with E-state index in [0.29, 0.717) is 18.8 Å². The molecule has 1 aromatic rings. The van der Waals surface area contributed by atoms with Gasteiger partial charge in [-0.1, -0.05) is 20.8 Å². The van der Waals surface area contributed by atoms with Crippen LogP contribution in [0.2, 0.25) is 0 Å². The summed E-state index contributed by atoms with van der Waals surface area (Å²) in [7, 11) is 0. The largest absolute Gasteiger partial charge is 0.392 e. The van der Waals surface area contributed by atoms with Crippen LogP contribution in [0, 0.1) is 29.1 Å². The molecule has 172 valence electrons. The smallest absolute Gasteiger partial charge is 0.271 e. The number of hydrogen-bond donors (Lipinski definition) is 2. The summed E-state index contributed by atoms with van der Waals surface area (Å²) in [4.78, 5) is 35.6. The second kappa shape index (κ2) is 9.63. The normalized spacial score (nSPS) is 33.8. The van der Waals surface area contributed by atoms with Gasteiger partial charge in [-0.15, -0.1) is 0 Å². The first-order valence-electron chi connectivity index (χ1n) is 11.8. The summed E-state index contributed by atoms with van der Waals surface area (Å²) in [6, 6.07) is -0.0326. The minimum Gasteiger partial charge on any atom is -0.392 e. The van der Waals surface area contributed by atoms with E-state index in [1.165, 1.54) is 12.4 Å². The van der Waals surface area contributed by atoms with E-state index in [-0.39, 0.29) is 46.9 Å². The summed E-state index contributed by atoms with van der Waals surface area (Å²) in [5.41, 5.74) is 0.338. The zero-order valence-corrected chi connectivity index (χ0v) is 19.5. The molecule has 2 aliphatic carbocycles. The fraction of sp³-hybridized carbons (Fsp3) is 0.750. The average Bonchev–Trinajstić information content (AvgIpc) is 2.76. The fourth-order valence-electron chi connectivity index (χ4n) is 6.16. The van der Waals surface area contributed by atoms with Crippen molar-refractivity contribution in [3.8, 4) is 0 Å². The lowest BCUT2D eigenvalue weighted by molar-refractivity contribution is -0.149. The SMILES string of the molecule is CCN(CC)C(=O)[C@@H](C)[C@@H]1CC[C@]2(C)CC[C@H](NC(=O)c3cnccn3)[C@@H](C)[C@@H]2[C@H]1O. The van der Waals surface area contributed by atoms with Gasteiger partial charge in [-0.25, -0.2) is 4.98 Å². The molecule has 1 heterocycles. The monoisotopic (exact) mass is 430 g/mol. The van der Waals surface area contributed by atoms with Crippen molar-refractivity contribution in [2.75, 3.05) is 13.1 Å². The van der Waals surface area contributed by atoms with Crippen LogP contribution in [0.25, 0.3) is 0 Å². The van der Waals surface area contributed by atoms with Crippen LogP contribution in [-0.2, 0) is 4.79 Å². The molecule has 2 saturated carbocycles. The maximum atomic E-state index is 13.0. The zero-order chi connectivity index (χ0) is 22.8. The Hall–Kier alpha value is -2.02. The predicted octanol–water partition coefficient (Wildman–Crippen LogP) is 2.90. The fourth-order valence-corrected chi connectivity index (χ4v) is 6.16. The Morgan fingerprint density at radius 1 is 1.26 bits per heavy atom. The lowest BCUT2D eigenvalue weighted by Crippen LogP contribution is -2.58. The van der Waals surface area contributed by atoms with Crippen molar-refractivity contribution >= 4 is 11.8 Å². The number of amides is 2. The van der Waals surface area contributed by atoms with Gasteiger partial charge in [-0.05, 0) is 62.7 Å². The second-order valence-corrected chi connectivity index (χ2v) is 9.74. The van der Waals surface area contributed by atoms with Crippen LogP contribution in [0.4, 0.5) is 0 Å². The second-order valence-electron chi connectivity index (χ2n) is 9.74. The number of aliphatic hydroxyl groups excluding tert-OH is 1. The predicted molar refractivity (Wildman–Crippen MR) is 119 cm³/mol. The van der Waals surface area contributed by atoms with Gasteiger partial charge >= 0.3 is 0 Å². The van der Waals surface area contributed by atoms with E-state index in [4.69, 9.17) is 0 Å². The van der Waals surface area contributed by atoms with Crippen molar-refractivity contribution in [2.24, 2.45) is 29.1 Å². The molecule has 0 aliphatic heterocycles. The highest BCUT2D eigenvalue weighted by molar-refractivity contribution is 5.92. The highest BCUT2D eigenvalue weighted by atomic mass is 16.3. The van der Waals surface area contributed by atoms with Crippen LogP contribution in [0.3, 0.4) is 0 Å². The van der Waals surface area contributed by atoms with E-state index < -0.39 is 6.10 Å². The van der Waals surface area contributed by atoms with Crippen LogP contribution in [-0.4, -0.2) is 57.0 Å². The topological polar surface area (TPSA) is 95.4 Å². The molecule has 2 N–H and O–H groups in total. The standard InChI is InChI=1S/C24H38N4O3/c1-6-28(7-2)23(31)15(3)17-8-10-24(5)11-9-18(16(4)20(24)21(17)29)27-22(30)19-14-25-12-13-26-19/h12-18,20-21,29H,6-11H2,1-5H3,(H,27,30)/t15-,16+,17-,18-,20+,21-,24+/m0/s1. The minimum absolute atomic E-state index is 0.0288. The van der Waals surface area contributed by atoms with Crippen molar-refractivity contribution in [3.63, 3.8) is 0 Å². The molecule has 7 heteroatoms. The number of rotatable bonds is 6. The number of fused-ring (bicyclic) bond motifs is 1. The lowest BCUT2D eigenvalue weighted by atomic mass is 9.51. The molecule has 7 nitrogen and oxygen atoms in total. The van der Waals surface area contributed by atoms with Gasteiger partial charge in [0.1, 0.15) is 5.69 Å². The van der Waals surface area contributed by atoms with Gasteiger partial charge in [-0.2, -0.15) is 0 Å². The molecule has 0 radical (unpaired) electrons. The molecule has 0 saturated heterocycles. The molecule has 0 bridgehead atoms. The molecule has 3 rings (SSSR count). The van der Waals surface area contributed by atoms with Gasteiger partial charge in [0.2, 0.25) is 5.91 Å². The van der Waals surface area contributed by atoms with Crippen LogP contribution in [0.15, 0.2) is 18.6 Å². The number of nitrogens with one attached hydrogen (secondary N) is 1. The lowest BCUT2D eigenvalue weighted by Gasteiger charge is -2.56. The van der Waals surface area contributed by atoms with Gasteiger partial charge in [0.25, 0.3) is 5.91 Å². The first-order valence-corrected chi connectivity index (χ1v) is 11.8. The molecule has 1 aromatic heterocycles. The third kappa shape index (κ3) is 4.61. The Labute approximate surface area is 186 Å². The minimum atomic E-state index is -0.556. The summed E-state index contributed by atoms with van der Waals surface area (Å²) in [6.07, 6.45) is 7.68. The molecular formula is C24H38N4O3. The molecule has 7 atom stereocenters. The van der Waals surface area contributed by atoms with Crippen molar-refractivity contribution in [1.29, 1.82) is 0 Å². The Kier molecular flexibility index (Phi) is 7.35. The van der Waals surface area contributed by atoms with E-state index in [0.717, 1.165) is 25.7 Å². The third-order valence-electron chi connectivity index (χ3n) is 8.11. The van der Waals surface area contributed by atoms with Crippen molar-refractivity contribution < 1.29 is 14.7 Å². The third-order valence-corrected chi connectivity index (χ3v) is 8.11. The Balaban J connectivity index is 1.75. The van der Waals surface area contributed by atoms with Gasteiger partial charge in [0.05, 0.1) is 12.3 Å². The van der Waals surface area contributed by atoms with Crippen molar-refractivity contribution in [3.05, 3.63) is 24.3 Å². The zero-order valence-electron chi connectivity index (χ0n) is 19.5. The number of hydrogen-bond acceptors (Lipinski definition) is 5. The van der Waals surface area contributed by atoms with Crippen LogP contribution < -0.4 is 5.32 Å². The summed E-state index contributed by atoms with van der Waals surface area (Å²) < 4.78 is 0. The van der Waals surface area contributed by atoms with Gasteiger partial charge < -0.3 is 15.3 Å². The number of nitrogens with zero attached hydrogens (tertiary/aromatic N) is 3. The summed E-state index contributed by atoms with van der Waals surface area (Å²) >= 11 is 0. The molecule has 31 heavy (non-hydrogen) atoms. The summed E-state index contributed by atoms with van der Waals surface area (Å²) in [5, 5.41) is 14.6. The van der Waals surface area contributed by atoms with E-state index in [1.807, 2.05) is 25.7 Å². The summed E-state index contributed by atoms with van der Waals surface area (Å²) in [6.45, 7) is 11.7. The first kappa shape index (κ1) is 23.6. The maximum Gasteiger partial charge on any atom is 0.271 e. The van der Waals surface area contributed by atoms with Gasteiger partial charge in [-0.3, -0.25) is 14.6 Å².